The molecular weight excluding hydrogens is 623 g/mol. The Morgan fingerprint density at radius 1 is 0.884 bits per heavy atom. The van der Waals surface area contributed by atoms with Crippen LogP contribution < -0.4 is 10.1 Å². The molecule has 0 unspecified atom stereocenters. The minimum atomic E-state index is -4.72. The number of ether oxygens (including phenoxy) is 1. The molecule has 0 spiro atoms. The van der Waals surface area contributed by atoms with Gasteiger partial charge < -0.3 is 10.1 Å². The van der Waals surface area contributed by atoms with E-state index in [1.54, 1.807) is 0 Å². The Labute approximate surface area is 253 Å². The Hall–Kier alpha value is -3.57. The molecule has 0 heterocycles. The summed E-state index contributed by atoms with van der Waals surface area (Å²) >= 11 is 12.0. The summed E-state index contributed by atoms with van der Waals surface area (Å²) in [5.41, 5.74) is -1.90. The summed E-state index contributed by atoms with van der Waals surface area (Å²) in [7, 11) is 0. The SMILES string of the molecule is CC(C)(C(=O)CCc1ccc(Cl)c(C(=O)Cc2ccc(OCC(F)F)c(C(=O)Nc3ccc(F)c(Cl)c3)c2)c1)C(F)(F)F. The van der Waals surface area contributed by atoms with Crippen molar-refractivity contribution in [1.82, 2.24) is 0 Å². The molecule has 0 aliphatic carbocycles. The Kier molecular flexibility index (Phi) is 10.9. The molecule has 13 heteroatoms. The molecule has 3 aromatic carbocycles. The van der Waals surface area contributed by atoms with Crippen LogP contribution in [0.5, 0.6) is 5.75 Å². The number of rotatable bonds is 12. The standard InChI is InChI=1S/C30H25Cl2F6NO4/c1-29(2,30(36,37)38)26(41)10-5-16-3-7-21(31)19(11-16)24(40)13-17-4-9-25(43-15-27(34)35)20(12-17)28(42)39-18-6-8-23(33)22(32)14-18/h3-4,6-9,11-12,14,27H,5,10,13,15H2,1-2H3,(H,39,42). The number of halogens is 8. The van der Waals surface area contributed by atoms with Gasteiger partial charge in [0.15, 0.2) is 5.78 Å². The van der Waals surface area contributed by atoms with E-state index in [4.69, 9.17) is 27.9 Å². The van der Waals surface area contributed by atoms with Crippen molar-refractivity contribution in [2.45, 2.75) is 45.7 Å². The Morgan fingerprint density at radius 3 is 2.16 bits per heavy atom. The van der Waals surface area contributed by atoms with Gasteiger partial charge in [-0.25, -0.2) is 13.2 Å². The van der Waals surface area contributed by atoms with Gasteiger partial charge >= 0.3 is 6.18 Å². The number of amides is 1. The predicted molar refractivity (Wildman–Crippen MR) is 150 cm³/mol. The first kappa shape index (κ1) is 33.9. The van der Waals surface area contributed by atoms with Gasteiger partial charge in [-0.1, -0.05) is 35.3 Å². The lowest BCUT2D eigenvalue weighted by molar-refractivity contribution is -0.210. The number of alkyl halides is 5. The molecule has 5 nitrogen and oxygen atoms in total. The maximum atomic E-state index is 13.5. The summed E-state index contributed by atoms with van der Waals surface area (Å²) < 4.78 is 83.7. The fourth-order valence-corrected chi connectivity index (χ4v) is 4.27. The lowest BCUT2D eigenvalue weighted by atomic mass is 9.84. The van der Waals surface area contributed by atoms with Gasteiger partial charge in [-0.3, -0.25) is 14.4 Å². The summed E-state index contributed by atoms with van der Waals surface area (Å²) in [6.45, 7) is 0.602. The summed E-state index contributed by atoms with van der Waals surface area (Å²) in [5.74, 6) is -3.26. The van der Waals surface area contributed by atoms with Crippen molar-refractivity contribution >= 4 is 46.4 Å². The van der Waals surface area contributed by atoms with Crippen LogP contribution in [-0.4, -0.2) is 36.7 Å². The van der Waals surface area contributed by atoms with Crippen LogP contribution in [0, 0.1) is 11.2 Å². The van der Waals surface area contributed by atoms with Gasteiger partial charge in [0, 0.05) is 24.1 Å². The molecule has 0 aromatic heterocycles. The zero-order valence-corrected chi connectivity index (χ0v) is 24.3. The summed E-state index contributed by atoms with van der Waals surface area (Å²) in [5, 5.41) is 2.25. The molecule has 0 aliphatic rings. The number of anilines is 1. The fourth-order valence-electron chi connectivity index (χ4n) is 3.87. The molecule has 43 heavy (non-hydrogen) atoms. The third-order valence-corrected chi connectivity index (χ3v) is 7.19. The Balaban J connectivity index is 1.82. The van der Waals surface area contributed by atoms with E-state index in [0.717, 1.165) is 26.0 Å². The van der Waals surface area contributed by atoms with Crippen LogP contribution in [0.15, 0.2) is 54.6 Å². The van der Waals surface area contributed by atoms with Crippen molar-refractivity contribution in [3.63, 3.8) is 0 Å². The minimum Gasteiger partial charge on any atom is -0.487 e. The second-order valence-electron chi connectivity index (χ2n) is 10.1. The second-order valence-corrected chi connectivity index (χ2v) is 10.9. The van der Waals surface area contributed by atoms with Gasteiger partial charge in [0.25, 0.3) is 12.3 Å². The summed E-state index contributed by atoms with van der Waals surface area (Å²) in [6.07, 6.45) is -8.34. The van der Waals surface area contributed by atoms with Crippen LogP contribution >= 0.6 is 23.2 Å². The molecule has 0 saturated carbocycles. The van der Waals surface area contributed by atoms with E-state index < -0.39 is 54.3 Å². The topological polar surface area (TPSA) is 72.5 Å². The molecule has 0 fully saturated rings. The second kappa shape index (κ2) is 13.8. The van der Waals surface area contributed by atoms with Crippen molar-refractivity contribution in [2.24, 2.45) is 5.41 Å². The molecule has 230 valence electrons. The average Bonchev–Trinajstić information content (AvgIpc) is 2.92. The first-order valence-electron chi connectivity index (χ1n) is 12.7. The molecule has 0 radical (unpaired) electrons. The molecule has 0 aliphatic heterocycles. The number of ketones is 2. The predicted octanol–water partition coefficient (Wildman–Crippen LogP) is 8.54. The van der Waals surface area contributed by atoms with E-state index in [1.165, 1.54) is 42.5 Å². The number of aryl methyl sites for hydroxylation is 1. The van der Waals surface area contributed by atoms with Crippen molar-refractivity contribution in [3.8, 4) is 5.75 Å². The van der Waals surface area contributed by atoms with Gasteiger partial charge in [0.2, 0.25) is 0 Å². The first-order valence-corrected chi connectivity index (χ1v) is 13.5. The smallest absolute Gasteiger partial charge is 0.400 e. The molecule has 0 bridgehead atoms. The number of carbonyl (C=O) groups is 3. The van der Waals surface area contributed by atoms with Crippen molar-refractivity contribution in [1.29, 1.82) is 0 Å². The highest BCUT2D eigenvalue weighted by Crippen LogP contribution is 2.39. The van der Waals surface area contributed by atoms with E-state index in [1.807, 2.05) is 0 Å². The number of Topliss-reactive ketones (excluding diaryl/α,β-unsaturated/α-hetero) is 2. The van der Waals surface area contributed by atoms with Crippen LogP contribution in [0.3, 0.4) is 0 Å². The highest BCUT2D eigenvalue weighted by Gasteiger charge is 2.51. The Bertz CT molecular complexity index is 1520. The zero-order valence-electron chi connectivity index (χ0n) is 22.8. The van der Waals surface area contributed by atoms with E-state index in [-0.39, 0.29) is 51.0 Å². The van der Waals surface area contributed by atoms with Gasteiger partial charge in [-0.15, -0.1) is 0 Å². The monoisotopic (exact) mass is 647 g/mol. The number of benzene rings is 3. The maximum Gasteiger partial charge on any atom is 0.400 e. The highest BCUT2D eigenvalue weighted by atomic mass is 35.5. The first-order chi connectivity index (χ1) is 20.0. The number of hydrogen-bond acceptors (Lipinski definition) is 4. The van der Waals surface area contributed by atoms with E-state index in [9.17, 15) is 40.7 Å². The minimum absolute atomic E-state index is 0.0340. The van der Waals surface area contributed by atoms with Crippen LogP contribution in [0.4, 0.5) is 32.0 Å². The molecule has 0 saturated heterocycles. The van der Waals surface area contributed by atoms with Crippen molar-refractivity contribution in [2.75, 3.05) is 11.9 Å². The average molecular weight is 648 g/mol. The third-order valence-electron chi connectivity index (χ3n) is 6.57. The van der Waals surface area contributed by atoms with Gasteiger partial charge in [0.05, 0.1) is 15.6 Å². The Morgan fingerprint density at radius 2 is 1.53 bits per heavy atom. The van der Waals surface area contributed by atoms with Crippen molar-refractivity contribution < 1.29 is 45.5 Å². The molecule has 1 N–H and O–H groups in total. The summed E-state index contributed by atoms with van der Waals surface area (Å²) in [4.78, 5) is 38.4. The number of hydrogen-bond donors (Lipinski definition) is 1. The highest BCUT2D eigenvalue weighted by molar-refractivity contribution is 6.34. The molecule has 1 amide bonds. The largest absolute Gasteiger partial charge is 0.487 e. The third kappa shape index (κ3) is 8.73. The van der Waals surface area contributed by atoms with Crippen molar-refractivity contribution in [3.05, 3.63) is 92.7 Å². The van der Waals surface area contributed by atoms with E-state index in [0.29, 0.717) is 5.56 Å². The lowest BCUT2D eigenvalue weighted by Crippen LogP contribution is -2.39. The van der Waals surface area contributed by atoms with Crippen LogP contribution in [-0.2, 0) is 17.6 Å². The molecule has 3 rings (SSSR count). The van der Waals surface area contributed by atoms with Crippen LogP contribution in [0.25, 0.3) is 0 Å². The zero-order chi connectivity index (χ0) is 32.1. The van der Waals surface area contributed by atoms with Gasteiger partial charge in [-0.2, -0.15) is 13.2 Å². The molecular formula is C30H25Cl2F6NO4. The molecule has 0 atom stereocenters. The molecule has 3 aromatic rings. The summed E-state index contributed by atoms with van der Waals surface area (Å²) in [6, 6.07) is 11.5. The van der Waals surface area contributed by atoms with E-state index >= 15 is 0 Å². The van der Waals surface area contributed by atoms with Gasteiger partial charge in [-0.05, 0) is 73.9 Å². The maximum absolute atomic E-state index is 13.5. The number of nitrogens with one attached hydrogen (secondary N) is 1. The van der Waals surface area contributed by atoms with Crippen LogP contribution in [0.1, 0.15) is 52.1 Å². The number of carbonyl (C=O) groups excluding carboxylic acids is 3. The lowest BCUT2D eigenvalue weighted by Gasteiger charge is -2.26. The van der Waals surface area contributed by atoms with Crippen LogP contribution in [0.2, 0.25) is 10.0 Å². The fraction of sp³-hybridized carbons (Fsp3) is 0.300. The van der Waals surface area contributed by atoms with E-state index in [2.05, 4.69) is 5.32 Å². The normalized spacial score (nSPS) is 11.9. The quantitative estimate of drug-likeness (QED) is 0.158. The van der Waals surface area contributed by atoms with Gasteiger partial charge in [0.1, 0.15) is 29.4 Å².